The summed E-state index contributed by atoms with van der Waals surface area (Å²) in [6.45, 7) is 2.09. The number of rotatable bonds is 4. The van der Waals surface area contributed by atoms with Crippen LogP contribution in [0, 0.1) is 6.92 Å². The van der Waals surface area contributed by atoms with Crippen molar-refractivity contribution < 1.29 is 14.3 Å². The molecule has 5 heteroatoms. The van der Waals surface area contributed by atoms with Gasteiger partial charge in [0.05, 0.1) is 5.69 Å². The molecule has 3 rings (SSSR count). The molecule has 5 nitrogen and oxygen atoms in total. The van der Waals surface area contributed by atoms with Crippen molar-refractivity contribution in [1.82, 2.24) is 0 Å². The number of ether oxygens (including phenoxy) is 1. The van der Waals surface area contributed by atoms with Gasteiger partial charge in [0.2, 0.25) is 5.91 Å². The smallest absolute Gasteiger partial charge is 0.264 e. The first kappa shape index (κ1) is 16.1. The maximum Gasteiger partial charge on any atom is 0.264 e. The van der Waals surface area contributed by atoms with Crippen LogP contribution in [-0.2, 0) is 16.0 Å². The van der Waals surface area contributed by atoms with Crippen molar-refractivity contribution in [2.24, 2.45) is 0 Å². The Kier molecular flexibility index (Phi) is 4.51. The Morgan fingerprint density at radius 3 is 2.83 bits per heavy atom. The number of benzene rings is 2. The molecule has 0 bridgehead atoms. The molecule has 0 radical (unpaired) electrons. The molecule has 1 N–H and O–H groups in total. The van der Waals surface area contributed by atoms with Crippen LogP contribution < -0.4 is 15.0 Å². The van der Waals surface area contributed by atoms with E-state index in [0.29, 0.717) is 30.0 Å². The van der Waals surface area contributed by atoms with Crippen LogP contribution in [0.5, 0.6) is 5.75 Å². The van der Waals surface area contributed by atoms with Gasteiger partial charge in [0, 0.05) is 19.2 Å². The number of aryl methyl sites for hydroxylation is 2. The molecule has 1 heterocycles. The Balaban J connectivity index is 1.65. The Morgan fingerprint density at radius 2 is 2.04 bits per heavy atom. The summed E-state index contributed by atoms with van der Waals surface area (Å²) in [6.07, 6.45) is 1.11. The minimum atomic E-state index is -0.106. The number of amides is 2. The summed E-state index contributed by atoms with van der Waals surface area (Å²) in [5.74, 6) is 0.490. The summed E-state index contributed by atoms with van der Waals surface area (Å²) < 4.78 is 5.38. The first-order chi connectivity index (χ1) is 11.5. The van der Waals surface area contributed by atoms with E-state index in [4.69, 9.17) is 4.74 Å². The molecular weight excluding hydrogens is 304 g/mol. The fourth-order valence-electron chi connectivity index (χ4n) is 2.71. The van der Waals surface area contributed by atoms with Gasteiger partial charge in [-0.15, -0.1) is 0 Å². The molecule has 1 aliphatic heterocycles. The molecule has 2 aromatic rings. The van der Waals surface area contributed by atoms with Gasteiger partial charge in [-0.1, -0.05) is 24.3 Å². The quantitative estimate of drug-likeness (QED) is 0.941. The van der Waals surface area contributed by atoms with Gasteiger partial charge in [-0.3, -0.25) is 9.59 Å². The molecule has 0 spiro atoms. The van der Waals surface area contributed by atoms with Crippen LogP contribution in [-0.4, -0.2) is 25.5 Å². The summed E-state index contributed by atoms with van der Waals surface area (Å²) in [5.41, 5.74) is 3.70. The third kappa shape index (κ3) is 3.40. The average Bonchev–Trinajstić information content (AvgIpc) is 2.58. The Labute approximate surface area is 141 Å². The lowest BCUT2D eigenvalue weighted by atomic mass is 10.0. The highest BCUT2D eigenvalue weighted by Crippen LogP contribution is 2.33. The number of nitrogens with zero attached hydrogens (tertiary/aromatic N) is 1. The van der Waals surface area contributed by atoms with E-state index in [1.54, 1.807) is 30.1 Å². The molecule has 0 atom stereocenters. The molecule has 1 aliphatic rings. The number of hydrogen-bond donors (Lipinski definition) is 1. The number of carbonyl (C=O) groups excluding carboxylic acids is 2. The molecule has 2 aromatic carbocycles. The number of nitrogens with one attached hydrogen (secondary N) is 1. The van der Waals surface area contributed by atoms with E-state index in [1.807, 2.05) is 31.2 Å². The van der Waals surface area contributed by atoms with Crippen molar-refractivity contribution in [3.63, 3.8) is 0 Å². The Bertz CT molecular complexity index is 786. The second-order valence-electron chi connectivity index (χ2n) is 5.90. The minimum absolute atomic E-state index is 0.0473. The third-order valence-corrected chi connectivity index (χ3v) is 4.21. The van der Waals surface area contributed by atoms with Gasteiger partial charge in [0.25, 0.3) is 5.91 Å². The predicted molar refractivity (Wildman–Crippen MR) is 93.5 cm³/mol. The summed E-state index contributed by atoms with van der Waals surface area (Å²) in [5, 5.41) is 2.88. The number of carbonyl (C=O) groups is 2. The molecule has 0 aliphatic carbocycles. The number of likely N-dealkylation sites (N-methyl/N-ethyl adjacent to an activating group) is 1. The lowest BCUT2D eigenvalue weighted by Gasteiger charge is -2.26. The van der Waals surface area contributed by atoms with E-state index in [-0.39, 0.29) is 18.4 Å². The molecule has 0 aromatic heterocycles. The fourth-order valence-corrected chi connectivity index (χ4v) is 2.71. The maximum absolute atomic E-state index is 12.2. The zero-order valence-electron chi connectivity index (χ0n) is 13.8. The first-order valence-corrected chi connectivity index (χ1v) is 7.92. The maximum atomic E-state index is 12.2. The predicted octanol–water partition coefficient (Wildman–Crippen LogP) is 2.92. The van der Waals surface area contributed by atoms with E-state index in [9.17, 15) is 9.59 Å². The lowest BCUT2D eigenvalue weighted by Crippen LogP contribution is -2.35. The van der Waals surface area contributed by atoms with Crippen LogP contribution >= 0.6 is 0 Å². The highest BCUT2D eigenvalue weighted by Gasteiger charge is 2.22. The standard InChI is InChI=1S/C19H20N2O3/c1-13-5-3-4-6-14(13)7-10-18(22)20-15-8-9-17-16(11-15)21(2)19(23)12-24-17/h3-6,8-9,11H,7,10,12H2,1-2H3,(H,20,22). The number of anilines is 2. The summed E-state index contributed by atoms with van der Waals surface area (Å²) >= 11 is 0. The lowest BCUT2D eigenvalue weighted by molar-refractivity contribution is -0.121. The van der Waals surface area contributed by atoms with Crippen molar-refractivity contribution in [2.45, 2.75) is 19.8 Å². The van der Waals surface area contributed by atoms with Crippen LogP contribution in [0.1, 0.15) is 17.5 Å². The second-order valence-corrected chi connectivity index (χ2v) is 5.90. The van der Waals surface area contributed by atoms with Crippen molar-refractivity contribution >= 4 is 23.2 Å². The van der Waals surface area contributed by atoms with Crippen molar-refractivity contribution in [3.8, 4) is 5.75 Å². The van der Waals surface area contributed by atoms with Gasteiger partial charge >= 0.3 is 0 Å². The van der Waals surface area contributed by atoms with E-state index < -0.39 is 0 Å². The van der Waals surface area contributed by atoms with E-state index in [1.165, 1.54) is 11.1 Å². The first-order valence-electron chi connectivity index (χ1n) is 7.92. The molecular formula is C19H20N2O3. The molecule has 24 heavy (non-hydrogen) atoms. The van der Waals surface area contributed by atoms with Crippen molar-refractivity contribution in [3.05, 3.63) is 53.6 Å². The van der Waals surface area contributed by atoms with Gasteiger partial charge in [0.15, 0.2) is 6.61 Å². The molecule has 2 amide bonds. The Morgan fingerprint density at radius 1 is 1.25 bits per heavy atom. The van der Waals surface area contributed by atoms with Gasteiger partial charge in [-0.2, -0.15) is 0 Å². The molecule has 0 fully saturated rings. The Hall–Kier alpha value is -2.82. The van der Waals surface area contributed by atoms with E-state index in [0.717, 1.165) is 0 Å². The number of fused-ring (bicyclic) bond motifs is 1. The molecule has 0 saturated heterocycles. The minimum Gasteiger partial charge on any atom is -0.482 e. The van der Waals surface area contributed by atoms with Gasteiger partial charge in [-0.25, -0.2) is 0 Å². The highest BCUT2D eigenvalue weighted by atomic mass is 16.5. The fraction of sp³-hybridized carbons (Fsp3) is 0.263. The normalized spacial score (nSPS) is 13.2. The zero-order valence-corrected chi connectivity index (χ0v) is 13.8. The molecule has 0 saturated carbocycles. The topological polar surface area (TPSA) is 58.6 Å². The van der Waals surface area contributed by atoms with E-state index in [2.05, 4.69) is 5.32 Å². The van der Waals surface area contributed by atoms with Gasteiger partial charge in [-0.05, 0) is 42.7 Å². The number of hydrogen-bond acceptors (Lipinski definition) is 3. The summed E-state index contributed by atoms with van der Waals surface area (Å²) in [4.78, 5) is 25.4. The van der Waals surface area contributed by atoms with Crippen LogP contribution in [0.4, 0.5) is 11.4 Å². The average molecular weight is 324 g/mol. The second kappa shape index (κ2) is 6.74. The van der Waals surface area contributed by atoms with Crippen molar-refractivity contribution in [1.29, 1.82) is 0 Å². The monoisotopic (exact) mass is 324 g/mol. The highest BCUT2D eigenvalue weighted by molar-refractivity contribution is 5.99. The zero-order chi connectivity index (χ0) is 17.1. The summed E-state index contributed by atoms with van der Waals surface area (Å²) in [6, 6.07) is 13.4. The van der Waals surface area contributed by atoms with Gasteiger partial charge in [0.1, 0.15) is 5.75 Å². The third-order valence-electron chi connectivity index (χ3n) is 4.21. The summed E-state index contributed by atoms with van der Waals surface area (Å²) in [7, 11) is 1.70. The van der Waals surface area contributed by atoms with Crippen LogP contribution in [0.3, 0.4) is 0 Å². The van der Waals surface area contributed by atoms with Gasteiger partial charge < -0.3 is 15.0 Å². The van der Waals surface area contributed by atoms with Crippen LogP contribution in [0.15, 0.2) is 42.5 Å². The van der Waals surface area contributed by atoms with Crippen molar-refractivity contribution in [2.75, 3.05) is 23.9 Å². The molecule has 124 valence electrons. The van der Waals surface area contributed by atoms with Crippen LogP contribution in [0.2, 0.25) is 0 Å². The van der Waals surface area contributed by atoms with E-state index >= 15 is 0 Å². The largest absolute Gasteiger partial charge is 0.482 e. The molecule has 0 unspecified atom stereocenters. The SMILES string of the molecule is Cc1ccccc1CCC(=O)Nc1ccc2c(c1)N(C)C(=O)CO2. The van der Waals surface area contributed by atoms with Crippen LogP contribution in [0.25, 0.3) is 0 Å².